The van der Waals surface area contributed by atoms with Gasteiger partial charge in [-0.1, -0.05) is 5.57 Å². The van der Waals surface area contributed by atoms with Gasteiger partial charge >= 0.3 is 6.09 Å². The Kier molecular flexibility index (Phi) is 7.11. The minimum Gasteiger partial charge on any atom is -0.480 e. The van der Waals surface area contributed by atoms with Crippen LogP contribution in [0.5, 0.6) is 5.75 Å². The Hall–Kier alpha value is -3.07. The number of rotatable bonds is 7. The van der Waals surface area contributed by atoms with Crippen molar-refractivity contribution in [3.05, 3.63) is 34.5 Å². The second kappa shape index (κ2) is 10.0. The zero-order valence-electron chi connectivity index (χ0n) is 20.7. The second-order valence-electron chi connectivity index (χ2n) is 9.67. The molecule has 9 nitrogen and oxygen atoms in total. The summed E-state index contributed by atoms with van der Waals surface area (Å²) in [4.78, 5) is 32.1. The Morgan fingerprint density at radius 2 is 1.97 bits per heavy atom. The summed E-state index contributed by atoms with van der Waals surface area (Å²) in [6.45, 7) is 8.72. The summed E-state index contributed by atoms with van der Waals surface area (Å²) in [5, 5.41) is 6.24. The fourth-order valence-electron chi connectivity index (χ4n) is 4.71. The summed E-state index contributed by atoms with van der Waals surface area (Å²) in [6, 6.07) is 3.42. The van der Waals surface area contributed by atoms with Crippen LogP contribution in [0.3, 0.4) is 0 Å². The number of hydrogen-bond acceptors (Lipinski definition) is 7. The third-order valence-corrected chi connectivity index (χ3v) is 6.75. The highest BCUT2D eigenvalue weighted by Gasteiger charge is 2.34. The third kappa shape index (κ3) is 5.19. The van der Waals surface area contributed by atoms with Crippen LogP contribution in [-0.4, -0.2) is 68.3 Å². The number of pyridine rings is 1. The fraction of sp³-hybridized carbons (Fsp3) is 0.560. The predicted octanol–water partition coefficient (Wildman–Crippen LogP) is 3.30. The quantitative estimate of drug-likeness (QED) is 0.592. The first-order valence-electron chi connectivity index (χ1n) is 11.9. The van der Waals surface area contributed by atoms with Crippen LogP contribution < -0.4 is 20.3 Å². The van der Waals surface area contributed by atoms with Gasteiger partial charge < -0.3 is 25.0 Å². The topological polar surface area (TPSA) is 96.0 Å². The summed E-state index contributed by atoms with van der Waals surface area (Å²) in [6.07, 6.45) is 2.31. The van der Waals surface area contributed by atoms with Crippen LogP contribution in [0.15, 0.2) is 34.5 Å². The largest absolute Gasteiger partial charge is 0.480 e. The van der Waals surface area contributed by atoms with Crippen molar-refractivity contribution in [1.82, 2.24) is 15.2 Å². The number of anilines is 2. The zero-order chi connectivity index (χ0) is 24.4. The number of cyclic esters (lactones) is 1. The van der Waals surface area contributed by atoms with E-state index >= 15 is 0 Å². The van der Waals surface area contributed by atoms with Gasteiger partial charge in [0.05, 0.1) is 6.54 Å². The van der Waals surface area contributed by atoms with E-state index in [2.05, 4.69) is 55.4 Å². The molecule has 2 amide bonds. The maximum Gasteiger partial charge on any atom is 0.415 e. The van der Waals surface area contributed by atoms with E-state index in [1.807, 2.05) is 0 Å². The molecule has 1 aromatic heterocycles. The van der Waals surface area contributed by atoms with Crippen LogP contribution in [-0.2, 0) is 9.53 Å². The van der Waals surface area contributed by atoms with Gasteiger partial charge in [-0.15, -0.1) is 0 Å². The lowest BCUT2D eigenvalue weighted by molar-refractivity contribution is -0.118. The van der Waals surface area contributed by atoms with Crippen LogP contribution in [0.25, 0.3) is 0 Å². The SMILES string of the molecule is CC(C)=C1CC(CNCCC2CN(c3ccc4c(n3)NC(=O)CO4)C(=O)O2)C/C1=C(\C)N(C)C. The normalized spacial score (nSPS) is 23.3. The number of fused-ring (bicyclic) bond motifs is 1. The average molecular weight is 470 g/mol. The standard InChI is InChI=1S/C25H35N5O4/c1-15(2)19-10-17(11-20(19)16(3)29(4)5)12-26-9-8-18-13-30(25(32)34-18)22-7-6-21-24(27-22)28-23(31)14-33-21/h6-7,17-18,26H,8-14H2,1-5H3,(H,27,28,31)/b20-16-. The van der Waals surface area contributed by atoms with Crippen LogP contribution in [0, 0.1) is 5.92 Å². The van der Waals surface area contributed by atoms with Gasteiger partial charge in [0.1, 0.15) is 11.9 Å². The molecule has 3 aliphatic rings. The molecule has 0 aromatic carbocycles. The molecule has 1 aromatic rings. The van der Waals surface area contributed by atoms with Crippen molar-refractivity contribution < 1.29 is 19.1 Å². The van der Waals surface area contributed by atoms with Crippen molar-refractivity contribution in [3.63, 3.8) is 0 Å². The molecule has 0 spiro atoms. The summed E-state index contributed by atoms with van der Waals surface area (Å²) in [7, 11) is 4.21. The van der Waals surface area contributed by atoms with E-state index in [1.54, 1.807) is 12.1 Å². The monoisotopic (exact) mass is 469 g/mol. The maximum atomic E-state index is 12.4. The van der Waals surface area contributed by atoms with Crippen LogP contribution in [0.2, 0.25) is 0 Å². The highest BCUT2D eigenvalue weighted by Crippen LogP contribution is 2.39. The van der Waals surface area contributed by atoms with Crippen LogP contribution in [0.4, 0.5) is 16.4 Å². The molecule has 34 heavy (non-hydrogen) atoms. The third-order valence-electron chi connectivity index (χ3n) is 6.75. The smallest absolute Gasteiger partial charge is 0.415 e. The molecule has 2 N–H and O–H groups in total. The van der Waals surface area contributed by atoms with E-state index in [9.17, 15) is 9.59 Å². The van der Waals surface area contributed by atoms with Crippen molar-refractivity contribution in [2.45, 2.75) is 46.1 Å². The first-order valence-corrected chi connectivity index (χ1v) is 11.9. The number of carbonyl (C=O) groups is 2. The molecular weight excluding hydrogens is 434 g/mol. The van der Waals surface area contributed by atoms with Gasteiger partial charge in [-0.3, -0.25) is 9.69 Å². The Morgan fingerprint density at radius 1 is 1.21 bits per heavy atom. The predicted molar refractivity (Wildman–Crippen MR) is 131 cm³/mol. The van der Waals surface area contributed by atoms with E-state index in [0.717, 1.165) is 32.4 Å². The molecular formula is C25H35N5O4. The van der Waals surface area contributed by atoms with Crippen molar-refractivity contribution in [1.29, 1.82) is 0 Å². The molecule has 1 saturated heterocycles. The Bertz CT molecular complexity index is 1030. The number of amides is 2. The molecule has 0 bridgehead atoms. The number of aromatic nitrogens is 1. The highest BCUT2D eigenvalue weighted by atomic mass is 16.6. The molecule has 9 heteroatoms. The molecule has 184 valence electrons. The molecule has 2 aliphatic heterocycles. The lowest BCUT2D eigenvalue weighted by atomic mass is 10.0. The molecule has 1 saturated carbocycles. The fourth-order valence-corrected chi connectivity index (χ4v) is 4.71. The van der Waals surface area contributed by atoms with Crippen molar-refractivity contribution in [2.75, 3.05) is 50.6 Å². The van der Waals surface area contributed by atoms with Gasteiger partial charge in [-0.2, -0.15) is 0 Å². The number of allylic oxidation sites excluding steroid dienone is 4. The Labute approximate surface area is 201 Å². The molecule has 2 atom stereocenters. The number of hydrogen-bond donors (Lipinski definition) is 2. The van der Waals surface area contributed by atoms with Crippen molar-refractivity contribution >= 4 is 23.6 Å². The summed E-state index contributed by atoms with van der Waals surface area (Å²) in [5.41, 5.74) is 5.73. The van der Waals surface area contributed by atoms with Gasteiger partial charge in [0.15, 0.2) is 18.2 Å². The van der Waals surface area contributed by atoms with Gasteiger partial charge in [-0.05, 0) is 82.3 Å². The van der Waals surface area contributed by atoms with Gasteiger partial charge in [0.2, 0.25) is 0 Å². The lowest BCUT2D eigenvalue weighted by Crippen LogP contribution is -2.29. The average Bonchev–Trinajstić information content (AvgIpc) is 3.39. The second-order valence-corrected chi connectivity index (χ2v) is 9.67. The minimum absolute atomic E-state index is 0.0295. The summed E-state index contributed by atoms with van der Waals surface area (Å²) < 4.78 is 10.9. The van der Waals surface area contributed by atoms with Crippen LogP contribution >= 0.6 is 0 Å². The first-order chi connectivity index (χ1) is 16.2. The Morgan fingerprint density at radius 3 is 2.71 bits per heavy atom. The van der Waals surface area contributed by atoms with Gasteiger partial charge in [0.25, 0.3) is 5.91 Å². The minimum atomic E-state index is -0.418. The number of ether oxygens (including phenoxy) is 2. The molecule has 2 unspecified atom stereocenters. The van der Waals surface area contributed by atoms with Gasteiger partial charge in [-0.25, -0.2) is 9.78 Å². The molecule has 4 rings (SSSR count). The molecule has 3 heterocycles. The van der Waals surface area contributed by atoms with E-state index in [1.165, 1.54) is 27.3 Å². The van der Waals surface area contributed by atoms with E-state index in [4.69, 9.17) is 9.47 Å². The highest BCUT2D eigenvalue weighted by molar-refractivity contribution is 5.95. The van der Waals surface area contributed by atoms with Crippen molar-refractivity contribution in [2.24, 2.45) is 5.92 Å². The van der Waals surface area contributed by atoms with Gasteiger partial charge in [0, 0.05) is 19.8 Å². The Balaban J connectivity index is 1.27. The first kappa shape index (κ1) is 24.1. The summed E-state index contributed by atoms with van der Waals surface area (Å²) >= 11 is 0. The number of nitrogens with one attached hydrogen (secondary N) is 2. The lowest BCUT2D eigenvalue weighted by Gasteiger charge is -2.19. The van der Waals surface area contributed by atoms with E-state index in [0.29, 0.717) is 29.8 Å². The van der Waals surface area contributed by atoms with Crippen molar-refractivity contribution in [3.8, 4) is 5.75 Å². The van der Waals surface area contributed by atoms with Crippen LogP contribution in [0.1, 0.15) is 40.0 Å². The zero-order valence-corrected chi connectivity index (χ0v) is 20.7. The molecule has 2 fully saturated rings. The number of carbonyl (C=O) groups excluding carboxylic acids is 2. The summed E-state index contributed by atoms with van der Waals surface area (Å²) in [5.74, 6) is 1.59. The molecule has 0 radical (unpaired) electrons. The molecule has 1 aliphatic carbocycles. The van der Waals surface area contributed by atoms with E-state index < -0.39 is 6.09 Å². The number of nitrogens with zero attached hydrogens (tertiary/aromatic N) is 3. The maximum absolute atomic E-state index is 12.4. The van der Waals surface area contributed by atoms with E-state index in [-0.39, 0.29) is 18.6 Å².